The van der Waals surface area contributed by atoms with Gasteiger partial charge in [-0.1, -0.05) is 12.1 Å². The number of methoxy groups -OCH3 is 1. The van der Waals surface area contributed by atoms with Gasteiger partial charge in [0.1, 0.15) is 17.3 Å². The molecule has 3 aromatic rings. The molecule has 2 aromatic carbocycles. The minimum atomic E-state index is -1.04. The standard InChI is InChI=1S/C22H20FNO5/c1-3-29-22(27)21(26)11-20(25)18-13-24(12-14-4-6-15(23)7-5-14)19-9-8-16(28-2)10-17(18)19/h4-11,13,25H,3,12H2,1-2H3/b20-11-. The number of ketones is 1. The molecule has 29 heavy (non-hydrogen) atoms. The molecule has 0 atom stereocenters. The normalized spacial score (nSPS) is 11.5. The van der Waals surface area contributed by atoms with Crippen LogP contribution in [0.4, 0.5) is 4.39 Å². The van der Waals surface area contributed by atoms with Crippen molar-refractivity contribution in [3.8, 4) is 5.75 Å². The lowest BCUT2D eigenvalue weighted by Gasteiger charge is -2.06. The Balaban J connectivity index is 2.04. The van der Waals surface area contributed by atoms with Crippen LogP contribution in [0, 0.1) is 5.82 Å². The van der Waals surface area contributed by atoms with E-state index in [9.17, 15) is 19.1 Å². The van der Waals surface area contributed by atoms with E-state index in [2.05, 4.69) is 4.74 Å². The maximum atomic E-state index is 13.2. The Morgan fingerprint density at radius 3 is 2.55 bits per heavy atom. The van der Waals surface area contributed by atoms with Crippen molar-refractivity contribution in [1.82, 2.24) is 4.57 Å². The summed E-state index contributed by atoms with van der Waals surface area (Å²) in [6.45, 7) is 2.07. The number of benzene rings is 2. The molecular weight excluding hydrogens is 377 g/mol. The lowest BCUT2D eigenvalue weighted by atomic mass is 10.1. The van der Waals surface area contributed by atoms with Crippen molar-refractivity contribution in [3.63, 3.8) is 0 Å². The SMILES string of the molecule is CCOC(=O)C(=O)/C=C(\O)c1cn(Cc2ccc(F)cc2)c2ccc(OC)cc12. The average molecular weight is 397 g/mol. The zero-order valence-corrected chi connectivity index (χ0v) is 16.0. The van der Waals surface area contributed by atoms with Gasteiger partial charge in [-0.2, -0.15) is 0 Å². The monoisotopic (exact) mass is 397 g/mol. The van der Waals surface area contributed by atoms with Crippen molar-refractivity contribution >= 4 is 28.4 Å². The molecule has 150 valence electrons. The van der Waals surface area contributed by atoms with Crippen molar-refractivity contribution in [2.45, 2.75) is 13.5 Å². The van der Waals surface area contributed by atoms with E-state index in [1.54, 1.807) is 37.4 Å². The Bertz CT molecular complexity index is 1080. The highest BCUT2D eigenvalue weighted by Gasteiger charge is 2.18. The van der Waals surface area contributed by atoms with Crippen LogP contribution in [0.25, 0.3) is 16.7 Å². The van der Waals surface area contributed by atoms with Crippen LogP contribution in [-0.2, 0) is 20.9 Å². The smallest absolute Gasteiger partial charge is 0.379 e. The van der Waals surface area contributed by atoms with Crippen molar-refractivity contribution in [2.24, 2.45) is 0 Å². The van der Waals surface area contributed by atoms with Crippen LogP contribution < -0.4 is 4.74 Å². The Labute approximate surface area is 166 Å². The molecule has 0 saturated heterocycles. The average Bonchev–Trinajstić information content (AvgIpc) is 3.07. The molecule has 3 rings (SSSR count). The third-order valence-electron chi connectivity index (χ3n) is 4.37. The van der Waals surface area contributed by atoms with Gasteiger partial charge in [0, 0.05) is 35.3 Å². The predicted octanol–water partition coefficient (Wildman–Crippen LogP) is 3.87. The number of aromatic nitrogens is 1. The molecule has 0 aliphatic heterocycles. The molecule has 6 nitrogen and oxygen atoms in total. The summed E-state index contributed by atoms with van der Waals surface area (Å²) in [5.74, 6) is -2.10. The third kappa shape index (κ3) is 4.45. The molecule has 7 heteroatoms. The number of esters is 1. The summed E-state index contributed by atoms with van der Waals surface area (Å²) in [6, 6.07) is 11.4. The van der Waals surface area contributed by atoms with Gasteiger partial charge in [-0.05, 0) is 42.8 Å². The van der Waals surface area contributed by atoms with Crippen LogP contribution in [0.3, 0.4) is 0 Å². The lowest BCUT2D eigenvalue weighted by Crippen LogP contribution is -2.15. The molecule has 0 bridgehead atoms. The summed E-state index contributed by atoms with van der Waals surface area (Å²) in [6.07, 6.45) is 2.51. The van der Waals surface area contributed by atoms with Gasteiger partial charge in [0.05, 0.1) is 13.7 Å². The highest BCUT2D eigenvalue weighted by Crippen LogP contribution is 2.30. The summed E-state index contributed by atoms with van der Waals surface area (Å²) in [4.78, 5) is 23.5. The van der Waals surface area contributed by atoms with E-state index in [0.29, 0.717) is 23.2 Å². The molecule has 0 amide bonds. The number of rotatable bonds is 7. The van der Waals surface area contributed by atoms with Crippen molar-refractivity contribution < 1.29 is 28.6 Å². The molecule has 0 aliphatic carbocycles. The number of aliphatic hydroxyl groups is 1. The second kappa shape index (κ2) is 8.60. The first kappa shape index (κ1) is 20.1. The van der Waals surface area contributed by atoms with Crippen LogP contribution in [0.5, 0.6) is 5.75 Å². The number of halogens is 1. The van der Waals surface area contributed by atoms with E-state index >= 15 is 0 Å². The van der Waals surface area contributed by atoms with E-state index in [0.717, 1.165) is 17.2 Å². The number of hydrogen-bond donors (Lipinski definition) is 1. The number of aliphatic hydroxyl groups excluding tert-OH is 1. The van der Waals surface area contributed by atoms with Gasteiger partial charge in [-0.25, -0.2) is 9.18 Å². The van der Waals surface area contributed by atoms with Gasteiger partial charge in [0.25, 0.3) is 5.78 Å². The zero-order valence-electron chi connectivity index (χ0n) is 16.0. The van der Waals surface area contributed by atoms with Gasteiger partial charge in [0.2, 0.25) is 0 Å². The van der Waals surface area contributed by atoms with Crippen LogP contribution in [0.2, 0.25) is 0 Å². The van der Waals surface area contributed by atoms with Gasteiger partial charge < -0.3 is 19.1 Å². The summed E-state index contributed by atoms with van der Waals surface area (Å²) >= 11 is 0. The number of carbonyl (C=O) groups excluding carboxylic acids is 2. The molecule has 0 fully saturated rings. The molecule has 0 unspecified atom stereocenters. The first-order chi connectivity index (χ1) is 13.9. The first-order valence-corrected chi connectivity index (χ1v) is 8.96. The van der Waals surface area contributed by atoms with Gasteiger partial charge >= 0.3 is 5.97 Å². The Morgan fingerprint density at radius 1 is 1.17 bits per heavy atom. The fraction of sp³-hybridized carbons (Fsp3) is 0.182. The maximum absolute atomic E-state index is 13.2. The number of hydrogen-bond acceptors (Lipinski definition) is 5. The third-order valence-corrected chi connectivity index (χ3v) is 4.37. The summed E-state index contributed by atoms with van der Waals surface area (Å²) < 4.78 is 25.0. The molecule has 0 spiro atoms. The Hall–Kier alpha value is -3.61. The maximum Gasteiger partial charge on any atom is 0.379 e. The topological polar surface area (TPSA) is 77.8 Å². The van der Waals surface area contributed by atoms with E-state index in [1.165, 1.54) is 19.2 Å². The minimum Gasteiger partial charge on any atom is -0.507 e. The molecule has 0 saturated carbocycles. The molecule has 1 heterocycles. The number of ether oxygens (including phenoxy) is 2. The van der Waals surface area contributed by atoms with Gasteiger partial charge in [-0.3, -0.25) is 4.79 Å². The number of fused-ring (bicyclic) bond motifs is 1. The lowest BCUT2D eigenvalue weighted by molar-refractivity contribution is -0.151. The largest absolute Gasteiger partial charge is 0.507 e. The van der Waals surface area contributed by atoms with Gasteiger partial charge in [-0.15, -0.1) is 0 Å². The minimum absolute atomic E-state index is 0.0628. The second-order valence-electron chi connectivity index (χ2n) is 6.29. The van der Waals surface area contributed by atoms with Gasteiger partial charge in [0.15, 0.2) is 0 Å². The van der Waals surface area contributed by atoms with Crippen molar-refractivity contribution in [2.75, 3.05) is 13.7 Å². The molecule has 1 aromatic heterocycles. The van der Waals surface area contributed by atoms with E-state index < -0.39 is 11.8 Å². The first-order valence-electron chi connectivity index (χ1n) is 8.96. The quantitative estimate of drug-likeness (QED) is 0.283. The predicted molar refractivity (Wildman–Crippen MR) is 106 cm³/mol. The highest BCUT2D eigenvalue weighted by molar-refractivity contribution is 6.39. The zero-order chi connectivity index (χ0) is 21.0. The molecule has 0 radical (unpaired) electrons. The Kier molecular flexibility index (Phi) is 5.97. The second-order valence-corrected chi connectivity index (χ2v) is 6.29. The number of carbonyl (C=O) groups is 2. The van der Waals surface area contributed by atoms with Crippen LogP contribution >= 0.6 is 0 Å². The van der Waals surface area contributed by atoms with Crippen molar-refractivity contribution in [3.05, 3.63) is 71.7 Å². The van der Waals surface area contributed by atoms with Crippen molar-refractivity contribution in [1.29, 1.82) is 0 Å². The van der Waals surface area contributed by atoms with E-state index in [1.807, 2.05) is 10.6 Å². The summed E-state index contributed by atoms with van der Waals surface area (Å²) in [5.41, 5.74) is 1.99. The molecular formula is C22H20FNO5. The highest BCUT2D eigenvalue weighted by atomic mass is 19.1. The number of nitrogens with zero attached hydrogens (tertiary/aromatic N) is 1. The fourth-order valence-electron chi connectivity index (χ4n) is 2.99. The van der Waals surface area contributed by atoms with Crippen LogP contribution in [0.15, 0.2) is 54.7 Å². The molecule has 1 N–H and O–H groups in total. The Morgan fingerprint density at radius 2 is 1.90 bits per heavy atom. The fourth-order valence-corrected chi connectivity index (χ4v) is 2.99. The molecule has 0 aliphatic rings. The van der Waals surface area contributed by atoms with Crippen LogP contribution in [0.1, 0.15) is 18.1 Å². The van der Waals surface area contributed by atoms with E-state index in [4.69, 9.17) is 4.74 Å². The summed E-state index contributed by atoms with van der Waals surface area (Å²) in [7, 11) is 1.52. The summed E-state index contributed by atoms with van der Waals surface area (Å²) in [5, 5.41) is 11.2. The van der Waals surface area contributed by atoms with E-state index in [-0.39, 0.29) is 18.2 Å². The van der Waals surface area contributed by atoms with Crippen LogP contribution in [-0.4, -0.2) is 35.1 Å².